The van der Waals surface area contributed by atoms with Gasteiger partial charge in [-0.15, -0.1) is 0 Å². The first-order chi connectivity index (χ1) is 16.9. The summed E-state index contributed by atoms with van der Waals surface area (Å²) in [7, 11) is 0. The second-order valence-corrected chi connectivity index (χ2v) is 8.65. The maximum absolute atomic E-state index is 6.15. The third-order valence-electron chi connectivity index (χ3n) is 6.89. The Labute approximate surface area is 197 Å². The van der Waals surface area contributed by atoms with Crippen molar-refractivity contribution in [3.8, 4) is 22.6 Å². The Balaban J connectivity index is 1.57. The van der Waals surface area contributed by atoms with E-state index < -0.39 is 5.41 Å². The molecule has 160 valence electrons. The molecule has 0 fully saturated rings. The number of para-hydroxylation sites is 2. The molecular formula is C31H20N2O. The van der Waals surface area contributed by atoms with Crippen molar-refractivity contribution in [3.05, 3.63) is 144 Å². The lowest BCUT2D eigenvalue weighted by Crippen LogP contribution is -2.28. The van der Waals surface area contributed by atoms with Crippen molar-refractivity contribution < 1.29 is 4.42 Å². The molecule has 3 heteroatoms. The zero-order valence-corrected chi connectivity index (χ0v) is 18.3. The van der Waals surface area contributed by atoms with E-state index in [1.807, 2.05) is 42.7 Å². The fourth-order valence-electron chi connectivity index (χ4n) is 5.47. The monoisotopic (exact) mass is 436 g/mol. The Morgan fingerprint density at radius 2 is 1.38 bits per heavy atom. The van der Waals surface area contributed by atoms with E-state index in [1.165, 1.54) is 27.8 Å². The number of hydrogen-bond donors (Lipinski definition) is 0. The van der Waals surface area contributed by atoms with Crippen LogP contribution >= 0.6 is 0 Å². The number of benzene rings is 4. The first kappa shape index (κ1) is 19.0. The Kier molecular flexibility index (Phi) is 4.06. The summed E-state index contributed by atoms with van der Waals surface area (Å²) < 4.78 is 6.15. The lowest BCUT2D eigenvalue weighted by Gasteiger charge is -2.33. The third kappa shape index (κ3) is 2.58. The predicted octanol–water partition coefficient (Wildman–Crippen LogP) is 7.25. The number of rotatable bonds is 3. The van der Waals surface area contributed by atoms with E-state index >= 15 is 0 Å². The molecule has 0 amide bonds. The molecule has 1 aliphatic rings. The second kappa shape index (κ2) is 7.26. The van der Waals surface area contributed by atoms with Crippen LogP contribution in [0.1, 0.15) is 22.3 Å². The van der Waals surface area contributed by atoms with Gasteiger partial charge in [0.1, 0.15) is 5.52 Å². The summed E-state index contributed by atoms with van der Waals surface area (Å²) in [6.07, 6.45) is 3.82. The summed E-state index contributed by atoms with van der Waals surface area (Å²) in [4.78, 5) is 9.30. The molecule has 0 bridgehead atoms. The van der Waals surface area contributed by atoms with Crippen molar-refractivity contribution in [1.82, 2.24) is 9.97 Å². The summed E-state index contributed by atoms with van der Waals surface area (Å²) in [6, 6.07) is 38.1. The molecule has 2 heterocycles. The number of pyridine rings is 1. The summed E-state index contributed by atoms with van der Waals surface area (Å²) in [5.74, 6) is 0.633. The smallest absolute Gasteiger partial charge is 0.227 e. The topological polar surface area (TPSA) is 38.9 Å². The van der Waals surface area contributed by atoms with Gasteiger partial charge in [-0.25, -0.2) is 4.98 Å². The fourth-order valence-corrected chi connectivity index (χ4v) is 5.47. The molecule has 0 saturated carbocycles. The Morgan fingerprint density at radius 1 is 0.618 bits per heavy atom. The van der Waals surface area contributed by atoms with Crippen molar-refractivity contribution in [1.29, 1.82) is 0 Å². The van der Waals surface area contributed by atoms with Gasteiger partial charge in [0, 0.05) is 18.0 Å². The average Bonchev–Trinajstić information content (AvgIpc) is 3.47. The molecule has 3 nitrogen and oxygen atoms in total. The van der Waals surface area contributed by atoms with Crippen LogP contribution in [0.4, 0.5) is 0 Å². The van der Waals surface area contributed by atoms with Crippen molar-refractivity contribution in [2.24, 2.45) is 0 Å². The first-order valence-electron chi connectivity index (χ1n) is 11.4. The maximum atomic E-state index is 6.15. The molecule has 0 radical (unpaired) electrons. The zero-order chi connectivity index (χ0) is 22.5. The number of nitrogens with zero attached hydrogens (tertiary/aromatic N) is 2. The normalized spacial score (nSPS) is 16.4. The van der Waals surface area contributed by atoms with Crippen LogP contribution in [-0.2, 0) is 5.41 Å². The fraction of sp³-hybridized carbons (Fsp3) is 0.0323. The summed E-state index contributed by atoms with van der Waals surface area (Å²) in [5.41, 5.74) is 9.44. The SMILES string of the molecule is c1ccc(C2(c3cccnc3)c3ccccc3-c3ccc(-c4nc5ccccc5o4)cc32)cc1. The quantitative estimate of drug-likeness (QED) is 0.293. The Morgan fingerprint density at radius 3 is 2.24 bits per heavy atom. The molecule has 0 N–H and O–H groups in total. The molecule has 34 heavy (non-hydrogen) atoms. The van der Waals surface area contributed by atoms with Gasteiger partial charge in [0.15, 0.2) is 5.58 Å². The van der Waals surface area contributed by atoms with Crippen LogP contribution in [-0.4, -0.2) is 9.97 Å². The first-order valence-corrected chi connectivity index (χ1v) is 11.4. The van der Waals surface area contributed by atoms with Gasteiger partial charge in [0.25, 0.3) is 0 Å². The highest BCUT2D eigenvalue weighted by Gasteiger charge is 2.46. The van der Waals surface area contributed by atoms with Crippen LogP contribution in [0, 0.1) is 0 Å². The molecule has 4 aromatic carbocycles. The van der Waals surface area contributed by atoms with Gasteiger partial charge in [-0.3, -0.25) is 4.98 Å². The summed E-state index contributed by atoms with van der Waals surface area (Å²) >= 11 is 0. The van der Waals surface area contributed by atoms with E-state index in [9.17, 15) is 0 Å². The molecule has 6 aromatic rings. The number of hydrogen-bond acceptors (Lipinski definition) is 3. The highest BCUT2D eigenvalue weighted by atomic mass is 16.3. The molecule has 1 unspecified atom stereocenters. The van der Waals surface area contributed by atoms with Crippen molar-refractivity contribution in [2.75, 3.05) is 0 Å². The third-order valence-corrected chi connectivity index (χ3v) is 6.89. The van der Waals surface area contributed by atoms with E-state index in [4.69, 9.17) is 9.40 Å². The highest BCUT2D eigenvalue weighted by molar-refractivity contribution is 5.88. The molecule has 0 saturated heterocycles. The molecule has 1 aliphatic carbocycles. The highest BCUT2D eigenvalue weighted by Crippen LogP contribution is 2.56. The largest absolute Gasteiger partial charge is 0.436 e. The minimum absolute atomic E-state index is 0.483. The van der Waals surface area contributed by atoms with E-state index in [1.54, 1.807) is 0 Å². The average molecular weight is 437 g/mol. The lowest BCUT2D eigenvalue weighted by molar-refractivity contribution is 0.619. The van der Waals surface area contributed by atoms with Gasteiger partial charge >= 0.3 is 0 Å². The van der Waals surface area contributed by atoms with E-state index in [-0.39, 0.29) is 0 Å². The van der Waals surface area contributed by atoms with E-state index in [2.05, 4.69) is 83.8 Å². The minimum Gasteiger partial charge on any atom is -0.436 e. The molecule has 0 spiro atoms. The molecule has 7 rings (SSSR count). The Hall–Kier alpha value is -4.50. The lowest BCUT2D eigenvalue weighted by atomic mass is 9.68. The minimum atomic E-state index is -0.483. The molecular weight excluding hydrogens is 416 g/mol. The molecule has 0 aliphatic heterocycles. The van der Waals surface area contributed by atoms with Crippen LogP contribution < -0.4 is 0 Å². The summed E-state index contributed by atoms with van der Waals surface area (Å²) in [6.45, 7) is 0. The van der Waals surface area contributed by atoms with Crippen molar-refractivity contribution in [3.63, 3.8) is 0 Å². The van der Waals surface area contributed by atoms with Gasteiger partial charge in [-0.1, -0.05) is 78.9 Å². The van der Waals surface area contributed by atoms with Gasteiger partial charge in [0.05, 0.1) is 5.41 Å². The van der Waals surface area contributed by atoms with E-state index in [0.717, 1.165) is 22.2 Å². The van der Waals surface area contributed by atoms with Crippen LogP contribution in [0.2, 0.25) is 0 Å². The molecule has 1 atom stereocenters. The maximum Gasteiger partial charge on any atom is 0.227 e. The Bertz CT molecular complexity index is 1580. The van der Waals surface area contributed by atoms with Crippen LogP contribution in [0.25, 0.3) is 33.7 Å². The van der Waals surface area contributed by atoms with Crippen molar-refractivity contribution in [2.45, 2.75) is 5.41 Å². The van der Waals surface area contributed by atoms with Gasteiger partial charge in [0.2, 0.25) is 5.89 Å². The van der Waals surface area contributed by atoms with Crippen LogP contribution in [0.5, 0.6) is 0 Å². The standard InChI is InChI=1S/C31H20N2O/c1-2-9-22(10-3-1)31(23-11-8-18-32-20-23)26-13-5-4-12-24(26)25-17-16-21(19-27(25)31)30-33-28-14-6-7-15-29(28)34-30/h1-20H. The van der Waals surface area contributed by atoms with Gasteiger partial charge in [-0.05, 0) is 63.7 Å². The predicted molar refractivity (Wildman–Crippen MR) is 135 cm³/mol. The number of aromatic nitrogens is 2. The van der Waals surface area contributed by atoms with E-state index in [0.29, 0.717) is 5.89 Å². The van der Waals surface area contributed by atoms with Gasteiger partial charge in [-0.2, -0.15) is 0 Å². The van der Waals surface area contributed by atoms with Crippen LogP contribution in [0.3, 0.4) is 0 Å². The second-order valence-electron chi connectivity index (χ2n) is 8.65. The van der Waals surface area contributed by atoms with Gasteiger partial charge < -0.3 is 4.42 Å². The number of fused-ring (bicyclic) bond motifs is 4. The van der Waals surface area contributed by atoms with Crippen molar-refractivity contribution >= 4 is 11.1 Å². The molecule has 2 aromatic heterocycles. The van der Waals surface area contributed by atoms with Crippen LogP contribution in [0.15, 0.2) is 126 Å². The number of oxazole rings is 1. The summed E-state index contributed by atoms with van der Waals surface area (Å²) in [5, 5.41) is 0. The zero-order valence-electron chi connectivity index (χ0n) is 18.3.